The summed E-state index contributed by atoms with van der Waals surface area (Å²) in [5.74, 6) is 0.0726. The first-order valence-corrected chi connectivity index (χ1v) is 8.43. The lowest BCUT2D eigenvalue weighted by molar-refractivity contribution is -0.125. The molecule has 2 rings (SSSR count). The van der Waals surface area contributed by atoms with Gasteiger partial charge in [0.15, 0.2) is 0 Å². The van der Waals surface area contributed by atoms with Crippen LogP contribution in [-0.4, -0.2) is 22.2 Å². The standard InChI is InChI=1S/C19H25FN2O3/c1-11(9-17-13(3)22-25-14(17)4)19(24)21-12(2)10-18(23)15-5-7-16(20)8-6-15/h5-8,11-12,18,23H,9-10H2,1-4H3,(H,21,24). The number of hydrogen-bond donors (Lipinski definition) is 2. The van der Waals surface area contributed by atoms with Crippen molar-refractivity contribution >= 4 is 5.91 Å². The monoisotopic (exact) mass is 348 g/mol. The molecule has 5 nitrogen and oxygen atoms in total. The van der Waals surface area contributed by atoms with E-state index in [1.54, 1.807) is 12.1 Å². The summed E-state index contributed by atoms with van der Waals surface area (Å²) in [7, 11) is 0. The smallest absolute Gasteiger partial charge is 0.223 e. The highest BCUT2D eigenvalue weighted by Crippen LogP contribution is 2.20. The van der Waals surface area contributed by atoms with E-state index in [2.05, 4.69) is 10.5 Å². The Balaban J connectivity index is 1.87. The van der Waals surface area contributed by atoms with Crippen molar-refractivity contribution in [2.45, 2.75) is 52.7 Å². The van der Waals surface area contributed by atoms with Crippen LogP contribution in [0, 0.1) is 25.6 Å². The maximum absolute atomic E-state index is 12.9. The molecule has 3 atom stereocenters. The Morgan fingerprint density at radius 1 is 1.28 bits per heavy atom. The molecule has 0 aliphatic carbocycles. The normalized spacial score (nSPS) is 14.8. The summed E-state index contributed by atoms with van der Waals surface area (Å²) in [6.45, 7) is 7.39. The van der Waals surface area contributed by atoms with Crippen LogP contribution in [0.5, 0.6) is 0 Å². The Morgan fingerprint density at radius 3 is 2.48 bits per heavy atom. The van der Waals surface area contributed by atoms with Crippen LogP contribution in [-0.2, 0) is 11.2 Å². The molecular formula is C19H25FN2O3. The number of carbonyl (C=O) groups excluding carboxylic acids is 1. The van der Waals surface area contributed by atoms with Crippen LogP contribution in [0.3, 0.4) is 0 Å². The average molecular weight is 348 g/mol. The molecule has 0 saturated carbocycles. The number of aryl methyl sites for hydroxylation is 2. The second kappa shape index (κ2) is 8.25. The van der Waals surface area contributed by atoms with Gasteiger partial charge in [-0.05, 0) is 51.3 Å². The fourth-order valence-corrected chi connectivity index (χ4v) is 2.79. The third-order valence-electron chi connectivity index (χ3n) is 4.36. The Kier molecular flexibility index (Phi) is 6.31. The van der Waals surface area contributed by atoms with Gasteiger partial charge in [-0.2, -0.15) is 0 Å². The number of amides is 1. The third kappa shape index (κ3) is 5.13. The first kappa shape index (κ1) is 19.1. The van der Waals surface area contributed by atoms with Gasteiger partial charge in [-0.25, -0.2) is 4.39 Å². The Bertz CT molecular complexity index is 692. The van der Waals surface area contributed by atoms with Gasteiger partial charge in [0.05, 0.1) is 11.8 Å². The first-order chi connectivity index (χ1) is 11.8. The molecule has 1 aromatic heterocycles. The first-order valence-electron chi connectivity index (χ1n) is 8.43. The van der Waals surface area contributed by atoms with Crippen LogP contribution in [0.25, 0.3) is 0 Å². The predicted molar refractivity (Wildman–Crippen MR) is 92.4 cm³/mol. The summed E-state index contributed by atoms with van der Waals surface area (Å²) in [4.78, 5) is 12.4. The van der Waals surface area contributed by atoms with Gasteiger partial charge >= 0.3 is 0 Å². The van der Waals surface area contributed by atoms with Crippen LogP contribution in [0.4, 0.5) is 4.39 Å². The van der Waals surface area contributed by atoms with Gasteiger partial charge in [-0.1, -0.05) is 24.2 Å². The molecule has 2 N–H and O–H groups in total. The summed E-state index contributed by atoms with van der Waals surface area (Å²) in [5, 5.41) is 17.0. The molecule has 2 aromatic rings. The zero-order valence-electron chi connectivity index (χ0n) is 15.0. The van der Waals surface area contributed by atoms with Crippen LogP contribution in [0.2, 0.25) is 0 Å². The maximum atomic E-state index is 12.9. The van der Waals surface area contributed by atoms with Crippen molar-refractivity contribution < 1.29 is 18.8 Å². The van der Waals surface area contributed by atoms with Gasteiger partial charge in [-0.3, -0.25) is 4.79 Å². The van der Waals surface area contributed by atoms with Gasteiger partial charge in [0.25, 0.3) is 0 Å². The summed E-state index contributed by atoms with van der Waals surface area (Å²) >= 11 is 0. The molecule has 3 unspecified atom stereocenters. The number of aromatic nitrogens is 1. The molecular weight excluding hydrogens is 323 g/mol. The molecule has 0 aliphatic rings. The minimum Gasteiger partial charge on any atom is -0.388 e. The summed E-state index contributed by atoms with van der Waals surface area (Å²) in [6.07, 6.45) is 0.157. The van der Waals surface area contributed by atoms with Crippen molar-refractivity contribution in [2.75, 3.05) is 0 Å². The lowest BCUT2D eigenvalue weighted by Gasteiger charge is -2.20. The van der Waals surface area contributed by atoms with Gasteiger partial charge < -0.3 is 14.9 Å². The topological polar surface area (TPSA) is 75.4 Å². The van der Waals surface area contributed by atoms with E-state index >= 15 is 0 Å². The molecule has 0 bridgehead atoms. The Labute approximate surface area is 147 Å². The molecule has 0 aliphatic heterocycles. The van der Waals surface area contributed by atoms with Crippen LogP contribution < -0.4 is 5.32 Å². The average Bonchev–Trinajstić information content (AvgIpc) is 2.87. The highest BCUT2D eigenvalue weighted by atomic mass is 19.1. The number of benzene rings is 1. The van der Waals surface area contributed by atoms with Crippen LogP contribution >= 0.6 is 0 Å². The summed E-state index contributed by atoms with van der Waals surface area (Å²) in [5.41, 5.74) is 2.39. The number of halogens is 1. The number of hydrogen-bond acceptors (Lipinski definition) is 4. The highest BCUT2D eigenvalue weighted by molar-refractivity contribution is 5.78. The lowest BCUT2D eigenvalue weighted by Crippen LogP contribution is -2.38. The molecule has 1 heterocycles. The molecule has 1 amide bonds. The van der Waals surface area contributed by atoms with Crippen molar-refractivity contribution in [2.24, 2.45) is 5.92 Å². The van der Waals surface area contributed by atoms with Gasteiger partial charge in [0.2, 0.25) is 5.91 Å². The van der Waals surface area contributed by atoms with E-state index in [0.29, 0.717) is 18.4 Å². The van der Waals surface area contributed by atoms with E-state index < -0.39 is 6.10 Å². The van der Waals surface area contributed by atoms with Crippen LogP contribution in [0.1, 0.15) is 49.0 Å². The van der Waals surface area contributed by atoms with Gasteiger partial charge in [-0.15, -0.1) is 0 Å². The largest absolute Gasteiger partial charge is 0.388 e. The molecule has 0 fully saturated rings. The summed E-state index contributed by atoms with van der Waals surface area (Å²) in [6, 6.07) is 5.52. The van der Waals surface area contributed by atoms with E-state index in [0.717, 1.165) is 17.0 Å². The second-order valence-electron chi connectivity index (χ2n) is 6.62. The highest BCUT2D eigenvalue weighted by Gasteiger charge is 2.21. The number of aliphatic hydroxyl groups excluding tert-OH is 1. The van der Waals surface area contributed by atoms with E-state index in [9.17, 15) is 14.3 Å². The van der Waals surface area contributed by atoms with Crippen molar-refractivity contribution in [3.63, 3.8) is 0 Å². The quantitative estimate of drug-likeness (QED) is 0.805. The number of rotatable bonds is 7. The molecule has 6 heteroatoms. The summed E-state index contributed by atoms with van der Waals surface area (Å²) < 4.78 is 18.1. The van der Waals surface area contributed by atoms with Crippen molar-refractivity contribution in [1.82, 2.24) is 10.5 Å². The second-order valence-corrected chi connectivity index (χ2v) is 6.62. The molecule has 1 aromatic carbocycles. The molecule has 0 saturated heterocycles. The fraction of sp³-hybridized carbons (Fsp3) is 0.474. The molecule has 25 heavy (non-hydrogen) atoms. The van der Waals surface area contributed by atoms with Crippen LogP contribution in [0.15, 0.2) is 28.8 Å². The van der Waals surface area contributed by atoms with Crippen molar-refractivity contribution in [1.29, 1.82) is 0 Å². The Morgan fingerprint density at radius 2 is 1.92 bits per heavy atom. The number of aliphatic hydroxyl groups is 1. The number of carbonyl (C=O) groups is 1. The Hall–Kier alpha value is -2.21. The molecule has 0 radical (unpaired) electrons. The predicted octanol–water partition coefficient (Wildman–Crippen LogP) is 3.24. The minimum absolute atomic E-state index is 0.0844. The van der Waals surface area contributed by atoms with E-state index in [4.69, 9.17) is 4.52 Å². The fourth-order valence-electron chi connectivity index (χ4n) is 2.79. The van der Waals surface area contributed by atoms with Crippen molar-refractivity contribution in [3.05, 3.63) is 52.7 Å². The van der Waals surface area contributed by atoms with Gasteiger partial charge in [0.1, 0.15) is 11.6 Å². The number of nitrogens with zero attached hydrogens (tertiary/aromatic N) is 1. The zero-order chi connectivity index (χ0) is 18.6. The molecule has 136 valence electrons. The van der Waals surface area contributed by atoms with E-state index in [-0.39, 0.29) is 23.7 Å². The zero-order valence-corrected chi connectivity index (χ0v) is 15.0. The third-order valence-corrected chi connectivity index (χ3v) is 4.36. The lowest BCUT2D eigenvalue weighted by atomic mass is 9.98. The van der Waals surface area contributed by atoms with E-state index in [1.165, 1.54) is 12.1 Å². The SMILES string of the molecule is Cc1noc(C)c1CC(C)C(=O)NC(C)CC(O)c1ccc(F)cc1. The van der Waals surface area contributed by atoms with Gasteiger partial charge in [0, 0.05) is 17.5 Å². The minimum atomic E-state index is -0.756. The van der Waals surface area contributed by atoms with E-state index in [1.807, 2.05) is 27.7 Å². The molecule has 0 spiro atoms. The van der Waals surface area contributed by atoms with Crippen molar-refractivity contribution in [3.8, 4) is 0 Å². The maximum Gasteiger partial charge on any atom is 0.223 e. The number of nitrogens with one attached hydrogen (secondary N) is 1.